The van der Waals surface area contributed by atoms with Gasteiger partial charge in [-0.15, -0.1) is 0 Å². The Labute approximate surface area is 99.7 Å². The molecule has 0 aromatic carbocycles. The SMILES string of the molecule is CC(=O)O.CN=C(N)NCCC[C@H](N)C(=O)O. The Morgan fingerprint density at radius 2 is 1.88 bits per heavy atom. The minimum atomic E-state index is -0.975. The van der Waals surface area contributed by atoms with Crippen molar-refractivity contribution < 1.29 is 19.8 Å². The third kappa shape index (κ3) is 16.8. The van der Waals surface area contributed by atoms with Crippen LogP contribution in [0.2, 0.25) is 0 Å². The third-order valence-electron chi connectivity index (χ3n) is 1.56. The Morgan fingerprint density at radius 1 is 1.41 bits per heavy atom. The first-order chi connectivity index (χ1) is 7.81. The summed E-state index contributed by atoms with van der Waals surface area (Å²) < 4.78 is 0. The Balaban J connectivity index is 0. The Morgan fingerprint density at radius 3 is 2.24 bits per heavy atom. The lowest BCUT2D eigenvalue weighted by Crippen LogP contribution is -2.34. The average Bonchev–Trinajstić information content (AvgIpc) is 2.22. The van der Waals surface area contributed by atoms with E-state index in [9.17, 15) is 4.79 Å². The predicted octanol–water partition coefficient (Wildman–Crippen LogP) is -1.20. The Bertz CT molecular complexity index is 264. The molecule has 0 aromatic heterocycles. The molecule has 8 heteroatoms. The van der Waals surface area contributed by atoms with Gasteiger partial charge in [0.15, 0.2) is 5.96 Å². The van der Waals surface area contributed by atoms with E-state index in [1.807, 2.05) is 0 Å². The van der Waals surface area contributed by atoms with E-state index in [4.69, 9.17) is 26.5 Å². The van der Waals surface area contributed by atoms with Gasteiger partial charge >= 0.3 is 5.97 Å². The van der Waals surface area contributed by atoms with Crippen LogP contribution >= 0.6 is 0 Å². The largest absolute Gasteiger partial charge is 0.481 e. The van der Waals surface area contributed by atoms with Crippen LogP contribution in [-0.2, 0) is 9.59 Å². The molecule has 0 fully saturated rings. The van der Waals surface area contributed by atoms with E-state index < -0.39 is 18.0 Å². The maximum atomic E-state index is 10.3. The van der Waals surface area contributed by atoms with Gasteiger partial charge in [0, 0.05) is 20.5 Å². The molecule has 0 amide bonds. The molecule has 100 valence electrons. The van der Waals surface area contributed by atoms with Crippen LogP contribution in [0, 0.1) is 0 Å². The summed E-state index contributed by atoms with van der Waals surface area (Å²) in [5.74, 6) is -1.46. The molecule has 0 unspecified atom stereocenters. The molecule has 0 heterocycles. The van der Waals surface area contributed by atoms with Crippen molar-refractivity contribution in [2.45, 2.75) is 25.8 Å². The number of rotatable bonds is 5. The topological polar surface area (TPSA) is 151 Å². The molecule has 0 aromatic rings. The highest BCUT2D eigenvalue weighted by molar-refractivity contribution is 5.77. The van der Waals surface area contributed by atoms with E-state index in [2.05, 4.69) is 10.3 Å². The standard InChI is InChI=1S/C7H16N4O2.C2H4O2/c1-10-7(9)11-4-2-3-5(8)6(12)13;1-2(3)4/h5H,2-4,8H2,1H3,(H,12,13)(H3,9,10,11);1H3,(H,3,4)/t5-;/m0./s1. The first-order valence-electron chi connectivity index (χ1n) is 4.95. The second kappa shape index (κ2) is 10.7. The molecule has 17 heavy (non-hydrogen) atoms. The minimum Gasteiger partial charge on any atom is -0.481 e. The second-order valence-electron chi connectivity index (χ2n) is 3.14. The van der Waals surface area contributed by atoms with Gasteiger partial charge in [0.2, 0.25) is 0 Å². The summed E-state index contributed by atoms with van der Waals surface area (Å²) in [5, 5.41) is 18.7. The molecule has 8 nitrogen and oxygen atoms in total. The van der Waals surface area contributed by atoms with Crippen molar-refractivity contribution in [2.75, 3.05) is 13.6 Å². The first kappa shape index (κ1) is 17.6. The number of guanidine groups is 1. The van der Waals surface area contributed by atoms with Crippen molar-refractivity contribution in [3.05, 3.63) is 0 Å². The fourth-order valence-electron chi connectivity index (χ4n) is 0.741. The highest BCUT2D eigenvalue weighted by atomic mass is 16.4. The number of aliphatic imine (C=N–C) groups is 1. The monoisotopic (exact) mass is 248 g/mol. The fraction of sp³-hybridized carbons (Fsp3) is 0.667. The maximum Gasteiger partial charge on any atom is 0.320 e. The lowest BCUT2D eigenvalue weighted by molar-refractivity contribution is -0.138. The van der Waals surface area contributed by atoms with E-state index in [0.717, 1.165) is 6.92 Å². The van der Waals surface area contributed by atoms with Gasteiger partial charge in [-0.3, -0.25) is 14.6 Å². The molecule has 0 aliphatic heterocycles. The van der Waals surface area contributed by atoms with Gasteiger partial charge in [-0.25, -0.2) is 0 Å². The molecule has 0 saturated carbocycles. The van der Waals surface area contributed by atoms with Crippen LogP contribution in [0.3, 0.4) is 0 Å². The summed E-state index contributed by atoms with van der Waals surface area (Å²) in [6.45, 7) is 1.67. The molecule has 0 saturated heterocycles. The molecule has 0 radical (unpaired) electrons. The number of nitrogens with two attached hydrogens (primary N) is 2. The molecule has 1 atom stereocenters. The summed E-state index contributed by atoms with van der Waals surface area (Å²) in [5.41, 5.74) is 10.6. The smallest absolute Gasteiger partial charge is 0.320 e. The third-order valence-corrected chi connectivity index (χ3v) is 1.56. The number of hydrogen-bond acceptors (Lipinski definition) is 4. The molecule has 0 bridgehead atoms. The maximum absolute atomic E-state index is 10.3. The molecular weight excluding hydrogens is 228 g/mol. The van der Waals surface area contributed by atoms with Crippen molar-refractivity contribution in [1.29, 1.82) is 0 Å². The summed E-state index contributed by atoms with van der Waals surface area (Å²) in [6.07, 6.45) is 1.09. The van der Waals surface area contributed by atoms with Crippen molar-refractivity contribution in [2.24, 2.45) is 16.5 Å². The minimum absolute atomic E-state index is 0.351. The van der Waals surface area contributed by atoms with Crippen molar-refractivity contribution >= 4 is 17.9 Å². The highest BCUT2D eigenvalue weighted by Crippen LogP contribution is 1.92. The van der Waals surface area contributed by atoms with Crippen molar-refractivity contribution in [1.82, 2.24) is 5.32 Å². The van der Waals surface area contributed by atoms with Gasteiger partial charge in [-0.1, -0.05) is 0 Å². The van der Waals surface area contributed by atoms with E-state index in [1.54, 1.807) is 7.05 Å². The predicted molar refractivity (Wildman–Crippen MR) is 63.7 cm³/mol. The van der Waals surface area contributed by atoms with E-state index in [-0.39, 0.29) is 0 Å². The van der Waals surface area contributed by atoms with E-state index in [0.29, 0.717) is 25.3 Å². The van der Waals surface area contributed by atoms with Gasteiger partial charge in [-0.2, -0.15) is 0 Å². The van der Waals surface area contributed by atoms with Crippen LogP contribution in [0.1, 0.15) is 19.8 Å². The molecule has 0 rings (SSSR count). The zero-order valence-corrected chi connectivity index (χ0v) is 10.0. The van der Waals surface area contributed by atoms with Crippen LogP contribution in [-0.4, -0.2) is 47.7 Å². The van der Waals surface area contributed by atoms with E-state index >= 15 is 0 Å². The number of nitrogens with zero attached hydrogens (tertiary/aromatic N) is 1. The fourth-order valence-corrected chi connectivity index (χ4v) is 0.741. The summed E-state index contributed by atoms with van der Waals surface area (Å²) in [4.78, 5) is 23.0. The highest BCUT2D eigenvalue weighted by Gasteiger charge is 2.09. The zero-order valence-electron chi connectivity index (χ0n) is 10.0. The van der Waals surface area contributed by atoms with Gasteiger partial charge in [0.1, 0.15) is 6.04 Å². The molecule has 7 N–H and O–H groups in total. The first-order valence-corrected chi connectivity index (χ1v) is 4.95. The van der Waals surface area contributed by atoms with E-state index in [1.165, 1.54) is 0 Å². The number of carboxylic acid groups (broad SMARTS) is 2. The second-order valence-corrected chi connectivity index (χ2v) is 3.14. The van der Waals surface area contributed by atoms with Crippen LogP contribution in [0.5, 0.6) is 0 Å². The van der Waals surface area contributed by atoms with Crippen LogP contribution < -0.4 is 16.8 Å². The molecule has 0 spiro atoms. The number of aliphatic carboxylic acids is 2. The van der Waals surface area contributed by atoms with Crippen molar-refractivity contribution in [3.8, 4) is 0 Å². The Hall–Kier alpha value is -1.83. The van der Waals surface area contributed by atoms with Crippen LogP contribution in [0.15, 0.2) is 4.99 Å². The molecule has 0 aliphatic carbocycles. The lowest BCUT2D eigenvalue weighted by Gasteiger charge is -2.07. The average molecular weight is 248 g/mol. The van der Waals surface area contributed by atoms with Crippen LogP contribution in [0.4, 0.5) is 0 Å². The number of carboxylic acids is 2. The molecule has 0 aliphatic rings. The summed E-state index contributed by atoms with van der Waals surface area (Å²) in [7, 11) is 1.57. The van der Waals surface area contributed by atoms with Gasteiger partial charge in [-0.05, 0) is 12.8 Å². The molecular formula is C9H20N4O4. The Kier molecular flexibility index (Phi) is 11.0. The quantitative estimate of drug-likeness (QED) is 0.233. The van der Waals surface area contributed by atoms with Gasteiger partial charge < -0.3 is 27.0 Å². The normalized spacial score (nSPS) is 12.1. The number of nitrogens with one attached hydrogen (secondary N) is 1. The van der Waals surface area contributed by atoms with Crippen LogP contribution in [0.25, 0.3) is 0 Å². The van der Waals surface area contributed by atoms with Gasteiger partial charge in [0.25, 0.3) is 5.97 Å². The number of carbonyl (C=O) groups is 2. The number of hydrogen-bond donors (Lipinski definition) is 5. The lowest BCUT2D eigenvalue weighted by atomic mass is 10.2. The summed E-state index contributed by atoms with van der Waals surface area (Å²) >= 11 is 0. The summed E-state index contributed by atoms with van der Waals surface area (Å²) in [6, 6.07) is -0.790. The van der Waals surface area contributed by atoms with Crippen molar-refractivity contribution in [3.63, 3.8) is 0 Å². The van der Waals surface area contributed by atoms with Gasteiger partial charge in [0.05, 0.1) is 0 Å². The zero-order chi connectivity index (χ0) is 13.8.